The van der Waals surface area contributed by atoms with Crippen LogP contribution in [0.5, 0.6) is 0 Å². The van der Waals surface area contributed by atoms with Crippen molar-refractivity contribution in [3.05, 3.63) is 71.3 Å². The molecular weight excluding hydrogens is 392 g/mol. The first-order chi connectivity index (χ1) is 13.4. The molecule has 2 aliphatic heterocycles. The number of benzene rings is 2. The standard InChI is InChI=1S/C21H22N2O3S2/c1-15-7-9-17(10-8-15)12-23-18-13-28(25,26)14-19(18)27-21(23)22-20(24)11-16-5-3-2-4-6-16/h2-10,18-19H,11-14H2,1H3/t18-,19-/m1/s1. The van der Waals surface area contributed by atoms with Crippen molar-refractivity contribution in [1.82, 2.24) is 4.90 Å². The maximum absolute atomic E-state index is 12.5. The van der Waals surface area contributed by atoms with E-state index in [1.54, 1.807) is 0 Å². The number of hydrogen-bond donors (Lipinski definition) is 0. The Bertz CT molecular complexity index is 1000. The molecule has 28 heavy (non-hydrogen) atoms. The minimum absolute atomic E-state index is 0.0567. The average molecular weight is 415 g/mol. The normalized spacial score (nSPS) is 24.5. The fourth-order valence-electron chi connectivity index (χ4n) is 3.63. The van der Waals surface area contributed by atoms with E-state index in [-0.39, 0.29) is 35.1 Å². The summed E-state index contributed by atoms with van der Waals surface area (Å²) in [6, 6.07) is 17.6. The summed E-state index contributed by atoms with van der Waals surface area (Å²) >= 11 is 1.43. The van der Waals surface area contributed by atoms with E-state index in [0.29, 0.717) is 11.7 Å². The summed E-state index contributed by atoms with van der Waals surface area (Å²) in [6.45, 7) is 2.59. The predicted molar refractivity (Wildman–Crippen MR) is 113 cm³/mol. The molecule has 2 fully saturated rings. The van der Waals surface area contributed by atoms with Crippen LogP contribution in [-0.4, -0.2) is 47.2 Å². The number of hydrogen-bond acceptors (Lipinski definition) is 4. The van der Waals surface area contributed by atoms with Gasteiger partial charge < -0.3 is 4.90 Å². The molecule has 2 saturated heterocycles. The second-order valence-corrected chi connectivity index (χ2v) is 10.7. The summed E-state index contributed by atoms with van der Waals surface area (Å²) in [5.74, 6) is 0.0755. The number of amides is 1. The molecule has 2 aromatic rings. The molecule has 4 rings (SSSR count). The van der Waals surface area contributed by atoms with Crippen molar-refractivity contribution in [2.45, 2.75) is 31.2 Å². The molecule has 2 heterocycles. The van der Waals surface area contributed by atoms with Crippen LogP contribution in [0.2, 0.25) is 0 Å². The van der Waals surface area contributed by atoms with Crippen LogP contribution in [0, 0.1) is 6.92 Å². The number of aryl methyl sites for hydroxylation is 1. The topological polar surface area (TPSA) is 66.8 Å². The molecule has 7 heteroatoms. The Morgan fingerprint density at radius 1 is 1.07 bits per heavy atom. The number of carbonyl (C=O) groups is 1. The number of carbonyl (C=O) groups excluding carboxylic acids is 1. The lowest BCUT2D eigenvalue weighted by molar-refractivity contribution is -0.117. The van der Waals surface area contributed by atoms with Crippen LogP contribution < -0.4 is 0 Å². The van der Waals surface area contributed by atoms with E-state index < -0.39 is 9.84 Å². The van der Waals surface area contributed by atoms with Crippen LogP contribution in [0.1, 0.15) is 16.7 Å². The minimum Gasteiger partial charge on any atom is -0.342 e. The highest BCUT2D eigenvalue weighted by Crippen LogP contribution is 2.39. The van der Waals surface area contributed by atoms with Gasteiger partial charge in [-0.1, -0.05) is 71.9 Å². The van der Waals surface area contributed by atoms with Crippen LogP contribution in [0.25, 0.3) is 0 Å². The smallest absolute Gasteiger partial charge is 0.252 e. The molecule has 2 aromatic carbocycles. The van der Waals surface area contributed by atoms with E-state index in [0.717, 1.165) is 11.1 Å². The largest absolute Gasteiger partial charge is 0.342 e. The molecule has 2 aliphatic rings. The molecule has 0 unspecified atom stereocenters. The van der Waals surface area contributed by atoms with Gasteiger partial charge in [0.25, 0.3) is 5.91 Å². The zero-order valence-electron chi connectivity index (χ0n) is 15.6. The zero-order chi connectivity index (χ0) is 19.7. The summed E-state index contributed by atoms with van der Waals surface area (Å²) in [5.41, 5.74) is 3.18. The molecule has 0 spiro atoms. The highest BCUT2D eigenvalue weighted by atomic mass is 32.2. The van der Waals surface area contributed by atoms with E-state index in [4.69, 9.17) is 0 Å². The number of rotatable bonds is 4. The fourth-order valence-corrected chi connectivity index (χ4v) is 7.60. The van der Waals surface area contributed by atoms with Gasteiger partial charge in [-0.15, -0.1) is 0 Å². The molecule has 0 bridgehead atoms. The first-order valence-corrected chi connectivity index (χ1v) is 11.9. The van der Waals surface area contributed by atoms with Gasteiger partial charge in [0.15, 0.2) is 15.0 Å². The van der Waals surface area contributed by atoms with Gasteiger partial charge in [-0.3, -0.25) is 4.79 Å². The molecule has 1 amide bonds. The molecule has 0 aliphatic carbocycles. The zero-order valence-corrected chi connectivity index (χ0v) is 17.2. The lowest BCUT2D eigenvalue weighted by Crippen LogP contribution is -2.37. The van der Waals surface area contributed by atoms with E-state index in [2.05, 4.69) is 4.99 Å². The predicted octanol–water partition coefficient (Wildman–Crippen LogP) is 2.83. The minimum atomic E-state index is -3.04. The molecule has 2 atom stereocenters. The molecule has 0 N–H and O–H groups in total. The molecule has 0 saturated carbocycles. The number of thioether (sulfide) groups is 1. The van der Waals surface area contributed by atoms with Gasteiger partial charge in [0.2, 0.25) is 0 Å². The van der Waals surface area contributed by atoms with Gasteiger partial charge in [-0.2, -0.15) is 4.99 Å². The Kier molecular flexibility index (Phi) is 5.29. The molecule has 5 nitrogen and oxygen atoms in total. The van der Waals surface area contributed by atoms with Crippen molar-refractivity contribution in [3.63, 3.8) is 0 Å². The summed E-state index contributed by atoms with van der Waals surface area (Å²) in [4.78, 5) is 18.9. The summed E-state index contributed by atoms with van der Waals surface area (Å²) < 4.78 is 24.2. The first-order valence-electron chi connectivity index (χ1n) is 9.24. The fraction of sp³-hybridized carbons (Fsp3) is 0.333. The van der Waals surface area contributed by atoms with Crippen LogP contribution >= 0.6 is 11.8 Å². The van der Waals surface area contributed by atoms with Crippen molar-refractivity contribution < 1.29 is 13.2 Å². The number of nitrogens with zero attached hydrogens (tertiary/aromatic N) is 2. The first kappa shape index (κ1) is 19.2. The lowest BCUT2D eigenvalue weighted by atomic mass is 10.1. The highest BCUT2D eigenvalue weighted by Gasteiger charge is 2.48. The summed E-state index contributed by atoms with van der Waals surface area (Å²) in [6.07, 6.45) is 0.247. The monoisotopic (exact) mass is 414 g/mol. The Hall–Kier alpha value is -2.12. The van der Waals surface area contributed by atoms with Crippen molar-refractivity contribution in [2.75, 3.05) is 11.5 Å². The molecule has 146 valence electrons. The average Bonchev–Trinajstić information content (AvgIpc) is 3.10. The van der Waals surface area contributed by atoms with Crippen molar-refractivity contribution in [2.24, 2.45) is 4.99 Å². The van der Waals surface area contributed by atoms with Gasteiger partial charge in [-0.25, -0.2) is 8.42 Å². The van der Waals surface area contributed by atoms with Gasteiger partial charge >= 0.3 is 0 Å². The van der Waals surface area contributed by atoms with Crippen molar-refractivity contribution >= 4 is 32.7 Å². The van der Waals surface area contributed by atoms with Crippen LogP contribution in [0.4, 0.5) is 0 Å². The molecular formula is C21H22N2O3S2. The third-order valence-corrected chi connectivity index (χ3v) is 8.31. The van der Waals surface area contributed by atoms with E-state index >= 15 is 0 Å². The Morgan fingerprint density at radius 2 is 1.79 bits per heavy atom. The highest BCUT2D eigenvalue weighted by molar-refractivity contribution is 8.15. The number of sulfone groups is 1. The van der Waals surface area contributed by atoms with Gasteiger partial charge in [0.05, 0.1) is 24.0 Å². The summed E-state index contributed by atoms with van der Waals surface area (Å²) in [5, 5.41) is 0.588. The maximum atomic E-state index is 12.5. The Labute approximate surface area is 169 Å². The SMILES string of the molecule is Cc1ccc(CN2C(=NC(=O)Cc3ccccc3)S[C@@H]3CS(=O)(=O)C[C@H]32)cc1. The quantitative estimate of drug-likeness (QED) is 0.770. The number of fused-ring (bicyclic) bond motifs is 1. The van der Waals surface area contributed by atoms with E-state index in [9.17, 15) is 13.2 Å². The van der Waals surface area contributed by atoms with Gasteiger partial charge in [-0.05, 0) is 18.1 Å². The Morgan fingerprint density at radius 3 is 2.50 bits per heavy atom. The number of amidine groups is 1. The van der Waals surface area contributed by atoms with E-state index in [1.165, 1.54) is 17.3 Å². The lowest BCUT2D eigenvalue weighted by Gasteiger charge is -2.24. The molecule has 0 radical (unpaired) electrons. The second-order valence-electron chi connectivity index (χ2n) is 7.36. The summed E-state index contributed by atoms with van der Waals surface area (Å²) in [7, 11) is -3.04. The second kappa shape index (κ2) is 7.72. The van der Waals surface area contributed by atoms with Gasteiger partial charge in [0.1, 0.15) is 0 Å². The number of aliphatic imine (C=N–C) groups is 1. The van der Waals surface area contributed by atoms with Crippen molar-refractivity contribution in [1.29, 1.82) is 0 Å². The maximum Gasteiger partial charge on any atom is 0.252 e. The Balaban J connectivity index is 1.57. The van der Waals surface area contributed by atoms with Crippen LogP contribution in [0.3, 0.4) is 0 Å². The third kappa shape index (κ3) is 4.31. The van der Waals surface area contributed by atoms with E-state index in [1.807, 2.05) is 66.4 Å². The van der Waals surface area contributed by atoms with Gasteiger partial charge in [0, 0.05) is 11.8 Å². The molecule has 0 aromatic heterocycles. The van der Waals surface area contributed by atoms with Crippen LogP contribution in [-0.2, 0) is 27.6 Å². The third-order valence-electron chi connectivity index (χ3n) is 5.07. The van der Waals surface area contributed by atoms with Crippen molar-refractivity contribution in [3.8, 4) is 0 Å². The van der Waals surface area contributed by atoms with Crippen LogP contribution in [0.15, 0.2) is 59.6 Å².